The highest BCUT2D eigenvalue weighted by molar-refractivity contribution is 6.37. The van der Waals surface area contributed by atoms with E-state index in [0.29, 0.717) is 33.6 Å². The number of furan rings is 1. The summed E-state index contributed by atoms with van der Waals surface area (Å²) in [5.74, 6) is 0.645. The molecular weight excluding hydrogens is 211 g/mol. The predicted octanol–water partition coefficient (Wildman–Crippen LogP) is 2.59. The van der Waals surface area contributed by atoms with Crippen molar-refractivity contribution in [3.8, 4) is 0 Å². The minimum absolute atomic E-state index is 0.324. The fraction of sp³-hybridized carbons (Fsp3) is 0.125. The molecule has 0 bridgehead atoms. The van der Waals surface area contributed by atoms with Gasteiger partial charge >= 0.3 is 0 Å². The number of nitrogens with zero attached hydrogens (tertiary/aromatic N) is 1. The van der Waals surface area contributed by atoms with Crippen molar-refractivity contribution in [2.45, 2.75) is 6.54 Å². The Hall–Kier alpha value is -0.770. The zero-order valence-corrected chi connectivity index (χ0v) is 8.06. The zero-order valence-electron chi connectivity index (χ0n) is 6.55. The van der Waals surface area contributed by atoms with E-state index in [9.17, 15) is 0 Å². The van der Waals surface area contributed by atoms with E-state index < -0.39 is 0 Å². The first kappa shape index (κ1) is 8.81. The van der Waals surface area contributed by atoms with Gasteiger partial charge in [-0.15, -0.1) is 0 Å². The van der Waals surface area contributed by atoms with Crippen molar-refractivity contribution >= 4 is 34.3 Å². The van der Waals surface area contributed by atoms with Crippen molar-refractivity contribution in [3.63, 3.8) is 0 Å². The van der Waals surface area contributed by atoms with Gasteiger partial charge in [-0.05, 0) is 6.07 Å². The molecule has 68 valence electrons. The lowest BCUT2D eigenvalue weighted by molar-refractivity contribution is 0.552. The van der Waals surface area contributed by atoms with E-state index in [0.717, 1.165) is 0 Å². The first-order valence-electron chi connectivity index (χ1n) is 3.65. The third-order valence-electron chi connectivity index (χ3n) is 1.65. The molecule has 0 aromatic carbocycles. The van der Waals surface area contributed by atoms with Gasteiger partial charge in [-0.2, -0.15) is 0 Å². The Labute approximate surface area is 84.4 Å². The van der Waals surface area contributed by atoms with Gasteiger partial charge in [0.25, 0.3) is 0 Å². The monoisotopic (exact) mass is 216 g/mol. The SMILES string of the molecule is NCc1cc2nc(Cl)cc(Cl)c2o1. The maximum Gasteiger partial charge on any atom is 0.171 e. The van der Waals surface area contributed by atoms with Crippen molar-refractivity contribution in [2.24, 2.45) is 5.73 Å². The van der Waals surface area contributed by atoms with Crippen LogP contribution in [0.3, 0.4) is 0 Å². The molecule has 0 atom stereocenters. The number of halogens is 2. The molecule has 2 N–H and O–H groups in total. The first-order chi connectivity index (χ1) is 6.20. The third kappa shape index (κ3) is 1.50. The van der Waals surface area contributed by atoms with Crippen LogP contribution in [0.25, 0.3) is 11.1 Å². The molecule has 0 saturated carbocycles. The fourth-order valence-electron chi connectivity index (χ4n) is 1.10. The molecule has 2 heterocycles. The van der Waals surface area contributed by atoms with Crippen molar-refractivity contribution in [1.29, 1.82) is 0 Å². The van der Waals surface area contributed by atoms with Crippen LogP contribution in [-0.2, 0) is 6.54 Å². The maximum absolute atomic E-state index is 5.87. The molecule has 5 heteroatoms. The molecule has 0 radical (unpaired) electrons. The summed E-state index contributed by atoms with van der Waals surface area (Å²) in [6, 6.07) is 3.27. The highest BCUT2D eigenvalue weighted by Gasteiger charge is 2.08. The fourth-order valence-corrected chi connectivity index (χ4v) is 1.60. The van der Waals surface area contributed by atoms with Crippen molar-refractivity contribution in [1.82, 2.24) is 4.98 Å². The highest BCUT2D eigenvalue weighted by Crippen LogP contribution is 2.27. The molecular formula is C8H6Cl2N2O. The number of hydrogen-bond acceptors (Lipinski definition) is 3. The minimum Gasteiger partial charge on any atom is -0.456 e. The second-order valence-electron chi connectivity index (χ2n) is 2.56. The smallest absolute Gasteiger partial charge is 0.171 e. The summed E-state index contributed by atoms with van der Waals surface area (Å²) in [4.78, 5) is 4.04. The van der Waals surface area contributed by atoms with Crippen molar-refractivity contribution in [2.75, 3.05) is 0 Å². The number of nitrogens with two attached hydrogens (primary N) is 1. The summed E-state index contributed by atoms with van der Waals surface area (Å²) >= 11 is 11.6. The molecule has 0 saturated heterocycles. The van der Waals surface area contributed by atoms with Crippen LogP contribution in [-0.4, -0.2) is 4.98 Å². The van der Waals surface area contributed by atoms with Gasteiger partial charge in [0.1, 0.15) is 16.4 Å². The Morgan fingerprint density at radius 2 is 2.15 bits per heavy atom. The van der Waals surface area contributed by atoms with Crippen molar-refractivity contribution in [3.05, 3.63) is 28.1 Å². The van der Waals surface area contributed by atoms with Crippen LogP contribution in [0, 0.1) is 0 Å². The Morgan fingerprint density at radius 3 is 2.85 bits per heavy atom. The second kappa shape index (κ2) is 3.18. The molecule has 0 spiro atoms. The summed E-state index contributed by atoms with van der Waals surface area (Å²) in [6.07, 6.45) is 0. The summed E-state index contributed by atoms with van der Waals surface area (Å²) in [7, 11) is 0. The summed E-state index contributed by atoms with van der Waals surface area (Å²) in [5.41, 5.74) is 6.58. The molecule has 2 aromatic rings. The molecule has 13 heavy (non-hydrogen) atoms. The lowest BCUT2D eigenvalue weighted by Crippen LogP contribution is -1.92. The average molecular weight is 217 g/mol. The van der Waals surface area contributed by atoms with Gasteiger partial charge in [0.15, 0.2) is 5.58 Å². The number of hydrogen-bond donors (Lipinski definition) is 1. The number of fused-ring (bicyclic) bond motifs is 1. The van der Waals surface area contributed by atoms with E-state index in [-0.39, 0.29) is 0 Å². The lowest BCUT2D eigenvalue weighted by atomic mass is 10.4. The lowest BCUT2D eigenvalue weighted by Gasteiger charge is -1.92. The number of rotatable bonds is 1. The van der Waals surface area contributed by atoms with Crippen LogP contribution in [0.15, 0.2) is 16.5 Å². The summed E-state index contributed by atoms with van der Waals surface area (Å²) in [6.45, 7) is 0.324. The number of aromatic nitrogens is 1. The van der Waals surface area contributed by atoms with Crippen LogP contribution < -0.4 is 5.73 Å². The molecule has 0 unspecified atom stereocenters. The van der Waals surface area contributed by atoms with Gasteiger partial charge < -0.3 is 10.2 Å². The van der Waals surface area contributed by atoms with Gasteiger partial charge in [0, 0.05) is 6.07 Å². The zero-order chi connectivity index (χ0) is 9.42. The Balaban J connectivity index is 2.75. The van der Waals surface area contributed by atoms with Gasteiger partial charge in [-0.3, -0.25) is 0 Å². The predicted molar refractivity (Wildman–Crippen MR) is 51.9 cm³/mol. The van der Waals surface area contributed by atoms with Gasteiger partial charge in [0.2, 0.25) is 0 Å². The van der Waals surface area contributed by atoms with Crippen LogP contribution in [0.4, 0.5) is 0 Å². The molecule has 2 rings (SSSR count). The maximum atomic E-state index is 5.87. The molecule has 2 aromatic heterocycles. The van der Waals surface area contributed by atoms with Gasteiger partial charge in [0.05, 0.1) is 11.6 Å². The quantitative estimate of drug-likeness (QED) is 0.746. The molecule has 0 amide bonds. The number of pyridine rings is 1. The minimum atomic E-state index is 0.324. The van der Waals surface area contributed by atoms with Crippen LogP contribution in [0.5, 0.6) is 0 Å². The molecule has 3 nitrogen and oxygen atoms in total. The van der Waals surface area contributed by atoms with E-state index in [1.807, 2.05) is 0 Å². The second-order valence-corrected chi connectivity index (χ2v) is 3.35. The third-order valence-corrected chi connectivity index (χ3v) is 2.13. The Kier molecular flexibility index (Phi) is 2.15. The van der Waals surface area contributed by atoms with Crippen LogP contribution in [0.2, 0.25) is 10.2 Å². The van der Waals surface area contributed by atoms with E-state index in [2.05, 4.69) is 4.98 Å². The molecule has 0 aliphatic heterocycles. The summed E-state index contributed by atoms with van der Waals surface area (Å²) in [5, 5.41) is 0.802. The van der Waals surface area contributed by atoms with Gasteiger partial charge in [-0.1, -0.05) is 23.2 Å². The summed E-state index contributed by atoms with van der Waals surface area (Å²) < 4.78 is 5.32. The molecule has 0 aliphatic rings. The normalized spacial score (nSPS) is 11.0. The van der Waals surface area contributed by atoms with E-state index in [1.165, 1.54) is 6.07 Å². The van der Waals surface area contributed by atoms with E-state index >= 15 is 0 Å². The highest BCUT2D eigenvalue weighted by atomic mass is 35.5. The first-order valence-corrected chi connectivity index (χ1v) is 4.41. The Bertz CT molecular complexity index is 453. The van der Waals surface area contributed by atoms with E-state index in [4.69, 9.17) is 33.4 Å². The van der Waals surface area contributed by atoms with Crippen molar-refractivity contribution < 1.29 is 4.42 Å². The van der Waals surface area contributed by atoms with Crippen LogP contribution >= 0.6 is 23.2 Å². The molecule has 0 fully saturated rings. The average Bonchev–Trinajstić information content (AvgIpc) is 2.47. The largest absolute Gasteiger partial charge is 0.456 e. The van der Waals surface area contributed by atoms with Gasteiger partial charge in [-0.25, -0.2) is 4.98 Å². The van der Waals surface area contributed by atoms with Crippen LogP contribution in [0.1, 0.15) is 5.76 Å². The molecule has 0 aliphatic carbocycles. The van der Waals surface area contributed by atoms with E-state index in [1.54, 1.807) is 6.07 Å². The standard InChI is InChI=1S/C8H6Cl2N2O/c9-5-2-7(10)12-6-1-4(3-11)13-8(5)6/h1-2H,3,11H2. The Morgan fingerprint density at radius 1 is 1.38 bits per heavy atom. The topological polar surface area (TPSA) is 52.0 Å².